The first-order chi connectivity index (χ1) is 10.1. The Hall–Kier alpha value is -2.69. The van der Waals surface area contributed by atoms with E-state index < -0.39 is 0 Å². The van der Waals surface area contributed by atoms with E-state index in [1.54, 1.807) is 43.5 Å². The quantitative estimate of drug-likeness (QED) is 0.885. The first-order valence-corrected chi connectivity index (χ1v) is 6.42. The van der Waals surface area contributed by atoms with Crippen molar-refractivity contribution in [3.63, 3.8) is 0 Å². The number of carbonyl (C=O) groups is 1. The van der Waals surface area contributed by atoms with Crippen LogP contribution in [-0.4, -0.2) is 25.2 Å². The van der Waals surface area contributed by atoms with E-state index >= 15 is 0 Å². The highest BCUT2D eigenvalue weighted by Gasteiger charge is 2.10. The lowest BCUT2D eigenvalue weighted by Crippen LogP contribution is -2.22. The van der Waals surface area contributed by atoms with E-state index in [4.69, 9.17) is 9.47 Å². The van der Waals surface area contributed by atoms with Crippen LogP contribution in [0.4, 0.5) is 0 Å². The second kappa shape index (κ2) is 6.65. The van der Waals surface area contributed by atoms with Crippen LogP contribution < -0.4 is 14.8 Å². The molecule has 2 aromatic rings. The van der Waals surface area contributed by atoms with E-state index in [-0.39, 0.29) is 11.7 Å². The number of ether oxygens (including phenoxy) is 2. The van der Waals surface area contributed by atoms with Crippen LogP contribution in [-0.2, 0) is 6.54 Å². The van der Waals surface area contributed by atoms with Gasteiger partial charge < -0.3 is 19.9 Å². The molecule has 0 aromatic heterocycles. The summed E-state index contributed by atoms with van der Waals surface area (Å²) in [6.07, 6.45) is 0. The number of carbonyl (C=O) groups excluding carboxylic acids is 1. The summed E-state index contributed by atoms with van der Waals surface area (Å²) in [5.74, 6) is 1.02. The molecular formula is C16H17NO4. The van der Waals surface area contributed by atoms with Crippen LogP contribution in [0.3, 0.4) is 0 Å². The standard InChI is InChI=1S/C16H17NO4/c1-20-14-7-6-12(9-15(14)21-2)16(19)17-10-11-4-3-5-13(18)8-11/h3-9,18H,10H2,1-2H3,(H,17,19). The Morgan fingerprint density at radius 2 is 1.86 bits per heavy atom. The van der Waals surface area contributed by atoms with Gasteiger partial charge in [-0.15, -0.1) is 0 Å². The molecule has 5 heteroatoms. The van der Waals surface area contributed by atoms with Gasteiger partial charge >= 0.3 is 0 Å². The van der Waals surface area contributed by atoms with Crippen LogP contribution in [0.25, 0.3) is 0 Å². The summed E-state index contributed by atoms with van der Waals surface area (Å²) in [5.41, 5.74) is 1.30. The zero-order valence-corrected chi connectivity index (χ0v) is 11.9. The SMILES string of the molecule is COc1ccc(C(=O)NCc2cccc(O)c2)cc1OC. The molecule has 0 saturated carbocycles. The largest absolute Gasteiger partial charge is 0.508 e. The Kier molecular flexibility index (Phi) is 4.66. The van der Waals surface area contributed by atoms with Gasteiger partial charge in [-0.3, -0.25) is 4.79 Å². The smallest absolute Gasteiger partial charge is 0.251 e. The Morgan fingerprint density at radius 1 is 1.10 bits per heavy atom. The highest BCUT2D eigenvalue weighted by atomic mass is 16.5. The van der Waals surface area contributed by atoms with Gasteiger partial charge in [0.05, 0.1) is 14.2 Å². The van der Waals surface area contributed by atoms with E-state index in [1.165, 1.54) is 7.11 Å². The van der Waals surface area contributed by atoms with E-state index in [0.29, 0.717) is 23.6 Å². The Balaban J connectivity index is 2.06. The van der Waals surface area contributed by atoms with Crippen molar-refractivity contribution in [2.75, 3.05) is 14.2 Å². The third-order valence-electron chi connectivity index (χ3n) is 3.01. The molecule has 0 heterocycles. The summed E-state index contributed by atoms with van der Waals surface area (Å²) in [6.45, 7) is 0.335. The summed E-state index contributed by atoms with van der Waals surface area (Å²) < 4.78 is 10.3. The van der Waals surface area contributed by atoms with Gasteiger partial charge in [0, 0.05) is 12.1 Å². The molecule has 0 atom stereocenters. The average molecular weight is 287 g/mol. The topological polar surface area (TPSA) is 67.8 Å². The molecule has 0 spiro atoms. The van der Waals surface area contributed by atoms with Crippen molar-refractivity contribution in [2.24, 2.45) is 0 Å². The van der Waals surface area contributed by atoms with Crippen molar-refractivity contribution < 1.29 is 19.4 Å². The molecule has 0 saturated heterocycles. The Morgan fingerprint density at radius 3 is 2.52 bits per heavy atom. The summed E-state index contributed by atoms with van der Waals surface area (Å²) in [6, 6.07) is 11.7. The van der Waals surface area contributed by atoms with Gasteiger partial charge in [-0.2, -0.15) is 0 Å². The van der Waals surface area contributed by atoms with Crippen LogP contribution in [0.1, 0.15) is 15.9 Å². The number of rotatable bonds is 5. The Labute approximate surface area is 123 Å². The number of phenolic OH excluding ortho intramolecular Hbond substituents is 1. The molecule has 0 unspecified atom stereocenters. The Bertz CT molecular complexity index is 640. The first kappa shape index (κ1) is 14.7. The van der Waals surface area contributed by atoms with Crippen molar-refractivity contribution in [1.29, 1.82) is 0 Å². The number of phenols is 1. The van der Waals surface area contributed by atoms with Crippen molar-refractivity contribution in [1.82, 2.24) is 5.32 Å². The van der Waals surface area contributed by atoms with Crippen molar-refractivity contribution >= 4 is 5.91 Å². The molecule has 5 nitrogen and oxygen atoms in total. The number of amides is 1. The molecule has 0 aliphatic heterocycles. The molecule has 110 valence electrons. The van der Waals surface area contributed by atoms with Crippen LogP contribution >= 0.6 is 0 Å². The van der Waals surface area contributed by atoms with E-state index in [1.807, 2.05) is 6.07 Å². The zero-order chi connectivity index (χ0) is 15.2. The molecule has 21 heavy (non-hydrogen) atoms. The number of methoxy groups -OCH3 is 2. The highest BCUT2D eigenvalue weighted by molar-refractivity contribution is 5.94. The van der Waals surface area contributed by atoms with Crippen molar-refractivity contribution in [3.05, 3.63) is 53.6 Å². The van der Waals surface area contributed by atoms with Crippen LogP contribution in [0.15, 0.2) is 42.5 Å². The van der Waals surface area contributed by atoms with E-state index in [2.05, 4.69) is 5.32 Å². The minimum Gasteiger partial charge on any atom is -0.508 e. The maximum Gasteiger partial charge on any atom is 0.251 e. The van der Waals surface area contributed by atoms with Crippen molar-refractivity contribution in [3.8, 4) is 17.2 Å². The van der Waals surface area contributed by atoms with Crippen LogP contribution in [0.2, 0.25) is 0 Å². The second-order valence-corrected chi connectivity index (χ2v) is 4.42. The summed E-state index contributed by atoms with van der Waals surface area (Å²) in [5, 5.41) is 12.2. The lowest BCUT2D eigenvalue weighted by atomic mass is 10.1. The summed E-state index contributed by atoms with van der Waals surface area (Å²) in [7, 11) is 3.06. The lowest BCUT2D eigenvalue weighted by molar-refractivity contribution is 0.0950. The fraction of sp³-hybridized carbons (Fsp3) is 0.188. The summed E-state index contributed by atoms with van der Waals surface area (Å²) in [4.78, 5) is 12.1. The third-order valence-corrected chi connectivity index (χ3v) is 3.01. The number of hydrogen-bond acceptors (Lipinski definition) is 4. The molecular weight excluding hydrogens is 270 g/mol. The average Bonchev–Trinajstić information content (AvgIpc) is 2.52. The van der Waals surface area contributed by atoms with Gasteiger partial charge in [-0.1, -0.05) is 12.1 Å². The maximum atomic E-state index is 12.1. The minimum absolute atomic E-state index is 0.174. The predicted molar refractivity (Wildman–Crippen MR) is 78.8 cm³/mol. The minimum atomic E-state index is -0.223. The number of benzene rings is 2. The molecule has 0 aliphatic carbocycles. The number of aromatic hydroxyl groups is 1. The van der Waals surface area contributed by atoms with Crippen molar-refractivity contribution in [2.45, 2.75) is 6.54 Å². The predicted octanol–water partition coefficient (Wildman–Crippen LogP) is 2.34. The van der Waals surface area contributed by atoms with Gasteiger partial charge in [0.2, 0.25) is 0 Å². The summed E-state index contributed by atoms with van der Waals surface area (Å²) >= 11 is 0. The molecule has 2 aromatic carbocycles. The van der Waals surface area contributed by atoms with Gasteiger partial charge in [-0.05, 0) is 35.9 Å². The fourth-order valence-electron chi connectivity index (χ4n) is 1.93. The molecule has 2 rings (SSSR count). The first-order valence-electron chi connectivity index (χ1n) is 6.42. The molecule has 0 aliphatic rings. The fourth-order valence-corrected chi connectivity index (χ4v) is 1.93. The number of nitrogens with one attached hydrogen (secondary N) is 1. The van der Waals surface area contributed by atoms with E-state index in [9.17, 15) is 9.90 Å². The van der Waals surface area contributed by atoms with E-state index in [0.717, 1.165) is 5.56 Å². The highest BCUT2D eigenvalue weighted by Crippen LogP contribution is 2.27. The van der Waals surface area contributed by atoms with Crippen LogP contribution in [0, 0.1) is 0 Å². The molecule has 2 N–H and O–H groups in total. The van der Waals surface area contributed by atoms with Gasteiger partial charge in [0.25, 0.3) is 5.91 Å². The van der Waals surface area contributed by atoms with Gasteiger partial charge in [0.15, 0.2) is 11.5 Å². The zero-order valence-electron chi connectivity index (χ0n) is 11.9. The molecule has 1 amide bonds. The maximum absolute atomic E-state index is 12.1. The second-order valence-electron chi connectivity index (χ2n) is 4.42. The van der Waals surface area contributed by atoms with Gasteiger partial charge in [0.1, 0.15) is 5.75 Å². The molecule has 0 bridgehead atoms. The van der Waals surface area contributed by atoms with Gasteiger partial charge in [-0.25, -0.2) is 0 Å². The third kappa shape index (κ3) is 3.66. The number of hydrogen-bond donors (Lipinski definition) is 2. The van der Waals surface area contributed by atoms with Crippen LogP contribution in [0.5, 0.6) is 17.2 Å². The molecule has 0 fully saturated rings. The normalized spacial score (nSPS) is 10.0. The monoisotopic (exact) mass is 287 g/mol. The lowest BCUT2D eigenvalue weighted by Gasteiger charge is -2.10. The molecule has 0 radical (unpaired) electrons.